The van der Waals surface area contributed by atoms with Crippen LogP contribution in [0.15, 0.2) is 29.2 Å². The SMILES string of the molecule is C[C@@H]1CN(S(=O)(=O)c2cccc(C(=O)N[C@H](C(=O)O)[C@H](C)O)c2)C[C@@H](C)O1. The minimum atomic E-state index is -3.84. The summed E-state index contributed by atoms with van der Waals surface area (Å²) in [4.78, 5) is 23.4. The average Bonchev–Trinajstić information content (AvgIpc) is 2.58. The Balaban J connectivity index is 2.26. The maximum atomic E-state index is 12.9. The molecule has 1 aromatic carbocycles. The smallest absolute Gasteiger partial charge is 0.328 e. The Morgan fingerprint density at radius 2 is 1.85 bits per heavy atom. The summed E-state index contributed by atoms with van der Waals surface area (Å²) in [6.07, 6.45) is -1.82. The van der Waals surface area contributed by atoms with E-state index in [0.29, 0.717) is 0 Å². The second-order valence-electron chi connectivity index (χ2n) is 6.64. The van der Waals surface area contributed by atoms with Crippen LogP contribution in [-0.2, 0) is 19.6 Å². The zero-order chi connectivity index (χ0) is 20.4. The molecule has 1 heterocycles. The van der Waals surface area contributed by atoms with Crippen LogP contribution in [0, 0.1) is 0 Å². The second-order valence-corrected chi connectivity index (χ2v) is 8.58. The molecule has 1 aliphatic rings. The van der Waals surface area contributed by atoms with Crippen molar-refractivity contribution in [1.82, 2.24) is 9.62 Å². The van der Waals surface area contributed by atoms with Gasteiger partial charge >= 0.3 is 5.97 Å². The minimum absolute atomic E-state index is 0.0164. The lowest BCUT2D eigenvalue weighted by molar-refractivity contribution is -0.141. The molecule has 150 valence electrons. The van der Waals surface area contributed by atoms with Crippen molar-refractivity contribution < 1.29 is 33.0 Å². The number of aliphatic hydroxyl groups is 1. The Hall–Kier alpha value is -2.01. The molecule has 3 N–H and O–H groups in total. The molecule has 9 nitrogen and oxygen atoms in total. The molecule has 1 aliphatic heterocycles. The van der Waals surface area contributed by atoms with E-state index >= 15 is 0 Å². The third-order valence-corrected chi connectivity index (χ3v) is 5.98. The highest BCUT2D eigenvalue weighted by Crippen LogP contribution is 2.22. The zero-order valence-electron chi connectivity index (χ0n) is 15.3. The molecule has 27 heavy (non-hydrogen) atoms. The maximum absolute atomic E-state index is 12.9. The van der Waals surface area contributed by atoms with Crippen LogP contribution in [0.1, 0.15) is 31.1 Å². The van der Waals surface area contributed by atoms with Gasteiger partial charge in [0.2, 0.25) is 10.0 Å². The molecule has 0 unspecified atom stereocenters. The van der Waals surface area contributed by atoms with E-state index in [4.69, 9.17) is 9.84 Å². The molecule has 0 aliphatic carbocycles. The number of nitrogens with one attached hydrogen (secondary N) is 1. The Bertz CT molecular complexity index is 799. The molecule has 2 rings (SSSR count). The number of carbonyl (C=O) groups is 2. The van der Waals surface area contributed by atoms with E-state index in [9.17, 15) is 23.1 Å². The fourth-order valence-corrected chi connectivity index (χ4v) is 4.52. The van der Waals surface area contributed by atoms with Crippen molar-refractivity contribution in [3.8, 4) is 0 Å². The van der Waals surface area contributed by atoms with Crippen LogP contribution in [0.2, 0.25) is 0 Å². The van der Waals surface area contributed by atoms with Gasteiger partial charge in [-0.2, -0.15) is 4.31 Å². The standard InChI is InChI=1S/C17H24N2O7S/c1-10-8-19(9-11(2)26-10)27(24,25)14-6-4-5-13(7-14)16(21)18-15(12(3)20)17(22)23/h4-7,10-12,15,20H,8-9H2,1-3H3,(H,18,21)(H,22,23)/t10-,11-,12+,15+/m1/s1. The van der Waals surface area contributed by atoms with Crippen molar-refractivity contribution in [2.45, 2.75) is 50.0 Å². The molecule has 0 spiro atoms. The number of nitrogens with zero attached hydrogens (tertiary/aromatic N) is 1. The minimum Gasteiger partial charge on any atom is -0.480 e. The second kappa shape index (κ2) is 8.34. The van der Waals surface area contributed by atoms with Crippen molar-refractivity contribution >= 4 is 21.9 Å². The molecule has 1 saturated heterocycles. The predicted octanol–water partition coefficient (Wildman–Crippen LogP) is 0.0483. The van der Waals surface area contributed by atoms with Gasteiger partial charge in [0, 0.05) is 18.7 Å². The van der Waals surface area contributed by atoms with Crippen LogP contribution < -0.4 is 5.32 Å². The van der Waals surface area contributed by atoms with Gasteiger partial charge in [-0.25, -0.2) is 13.2 Å². The van der Waals surface area contributed by atoms with Gasteiger partial charge < -0.3 is 20.3 Å². The lowest BCUT2D eigenvalue weighted by Crippen LogP contribution is -2.48. The lowest BCUT2D eigenvalue weighted by atomic mass is 10.1. The summed E-state index contributed by atoms with van der Waals surface area (Å²) in [6.45, 7) is 5.20. The van der Waals surface area contributed by atoms with Crippen LogP contribution in [0.25, 0.3) is 0 Å². The number of amides is 1. The summed E-state index contributed by atoms with van der Waals surface area (Å²) >= 11 is 0. The molecule has 4 atom stereocenters. The summed E-state index contributed by atoms with van der Waals surface area (Å²) in [6, 6.07) is 3.85. The van der Waals surface area contributed by atoms with Gasteiger partial charge in [0.05, 0.1) is 23.2 Å². The van der Waals surface area contributed by atoms with Crippen molar-refractivity contribution in [2.24, 2.45) is 0 Å². The molecular weight excluding hydrogens is 376 g/mol. The van der Waals surface area contributed by atoms with E-state index in [1.165, 1.54) is 35.5 Å². The first kappa shape index (κ1) is 21.3. The third kappa shape index (κ3) is 5.04. The average molecular weight is 400 g/mol. The van der Waals surface area contributed by atoms with E-state index in [1.54, 1.807) is 13.8 Å². The van der Waals surface area contributed by atoms with Gasteiger partial charge in [0.15, 0.2) is 6.04 Å². The summed E-state index contributed by atoms with van der Waals surface area (Å²) in [5.74, 6) is -2.18. The molecule has 0 saturated carbocycles. The van der Waals surface area contributed by atoms with Gasteiger partial charge in [-0.3, -0.25) is 4.79 Å². The number of rotatable bonds is 6. The lowest BCUT2D eigenvalue weighted by Gasteiger charge is -2.34. The van der Waals surface area contributed by atoms with Crippen LogP contribution >= 0.6 is 0 Å². The van der Waals surface area contributed by atoms with E-state index in [1.807, 2.05) is 0 Å². The number of benzene rings is 1. The Morgan fingerprint density at radius 1 is 1.26 bits per heavy atom. The summed E-state index contributed by atoms with van der Waals surface area (Å²) in [5.41, 5.74) is -0.0164. The fourth-order valence-electron chi connectivity index (χ4n) is 2.89. The summed E-state index contributed by atoms with van der Waals surface area (Å²) in [7, 11) is -3.84. The van der Waals surface area contributed by atoms with Crippen molar-refractivity contribution in [2.75, 3.05) is 13.1 Å². The van der Waals surface area contributed by atoms with Gasteiger partial charge in [-0.05, 0) is 39.0 Å². The number of carboxylic acid groups (broad SMARTS) is 1. The van der Waals surface area contributed by atoms with Crippen LogP contribution in [0.3, 0.4) is 0 Å². The van der Waals surface area contributed by atoms with Crippen molar-refractivity contribution in [1.29, 1.82) is 0 Å². The van der Waals surface area contributed by atoms with Crippen molar-refractivity contribution in [3.63, 3.8) is 0 Å². The first-order valence-corrected chi connectivity index (χ1v) is 9.93. The number of aliphatic hydroxyl groups excluding tert-OH is 1. The summed E-state index contributed by atoms with van der Waals surface area (Å²) < 4.78 is 32.6. The molecule has 0 radical (unpaired) electrons. The van der Waals surface area contributed by atoms with Crippen LogP contribution in [0.5, 0.6) is 0 Å². The maximum Gasteiger partial charge on any atom is 0.328 e. The number of sulfonamides is 1. The van der Waals surface area contributed by atoms with E-state index in [0.717, 1.165) is 0 Å². The Morgan fingerprint density at radius 3 is 2.37 bits per heavy atom. The van der Waals surface area contributed by atoms with Gasteiger partial charge in [0.25, 0.3) is 5.91 Å². The van der Waals surface area contributed by atoms with E-state index in [2.05, 4.69) is 5.32 Å². The topological polar surface area (TPSA) is 133 Å². The molecule has 0 bridgehead atoms. The van der Waals surface area contributed by atoms with E-state index < -0.39 is 34.0 Å². The number of morpholine rings is 1. The third-order valence-electron chi connectivity index (χ3n) is 4.16. The number of ether oxygens (including phenoxy) is 1. The highest BCUT2D eigenvalue weighted by molar-refractivity contribution is 7.89. The van der Waals surface area contributed by atoms with E-state index in [-0.39, 0.29) is 35.8 Å². The normalized spacial score (nSPS) is 23.4. The zero-order valence-corrected chi connectivity index (χ0v) is 16.1. The van der Waals surface area contributed by atoms with Gasteiger partial charge in [-0.1, -0.05) is 6.07 Å². The first-order chi connectivity index (χ1) is 12.5. The molecule has 1 aromatic rings. The molecular formula is C17H24N2O7S. The van der Waals surface area contributed by atoms with Crippen LogP contribution in [0.4, 0.5) is 0 Å². The predicted molar refractivity (Wildman–Crippen MR) is 95.8 cm³/mol. The monoisotopic (exact) mass is 400 g/mol. The number of hydrogen-bond donors (Lipinski definition) is 3. The number of aliphatic carboxylic acids is 1. The largest absolute Gasteiger partial charge is 0.480 e. The van der Waals surface area contributed by atoms with Gasteiger partial charge in [0.1, 0.15) is 0 Å². The van der Waals surface area contributed by atoms with Gasteiger partial charge in [-0.15, -0.1) is 0 Å². The fraction of sp³-hybridized carbons (Fsp3) is 0.529. The highest BCUT2D eigenvalue weighted by Gasteiger charge is 2.33. The number of hydrogen-bond acceptors (Lipinski definition) is 6. The first-order valence-electron chi connectivity index (χ1n) is 8.49. The number of carboxylic acids is 1. The Labute approximate surface area is 158 Å². The van der Waals surface area contributed by atoms with Crippen molar-refractivity contribution in [3.05, 3.63) is 29.8 Å². The van der Waals surface area contributed by atoms with Crippen LogP contribution in [-0.4, -0.2) is 72.3 Å². The Kier molecular flexibility index (Phi) is 6.58. The molecule has 10 heteroatoms. The quantitative estimate of drug-likeness (QED) is 0.614. The number of carbonyl (C=O) groups excluding carboxylic acids is 1. The molecule has 1 fully saturated rings. The highest BCUT2D eigenvalue weighted by atomic mass is 32.2. The molecule has 0 aromatic heterocycles. The summed E-state index contributed by atoms with van der Waals surface area (Å²) in [5, 5.41) is 20.7. The molecule has 1 amide bonds.